The number of hydrogen-bond acceptors (Lipinski definition) is 3. The van der Waals surface area contributed by atoms with E-state index in [1.54, 1.807) is 0 Å². The van der Waals surface area contributed by atoms with Crippen LogP contribution in [0.3, 0.4) is 0 Å². The third kappa shape index (κ3) is 5.69. The quantitative estimate of drug-likeness (QED) is 0.163. The molecule has 10 aromatic rings. The number of aromatic nitrogens is 3. The Balaban J connectivity index is 1.14. The van der Waals surface area contributed by atoms with Gasteiger partial charge in [0.15, 0.2) is 5.82 Å². The number of rotatable bonds is 6. The molecule has 0 fully saturated rings. The summed E-state index contributed by atoms with van der Waals surface area (Å²) in [5, 5.41) is 7.36. The van der Waals surface area contributed by atoms with Gasteiger partial charge in [-0.05, 0) is 96.0 Å². The van der Waals surface area contributed by atoms with E-state index in [1.165, 1.54) is 49.0 Å². The Morgan fingerprint density at radius 2 is 0.741 bits per heavy atom. The van der Waals surface area contributed by atoms with E-state index in [2.05, 4.69) is 175 Å². The maximum atomic E-state index is 5.22. The Labute approximate surface area is 313 Å². The van der Waals surface area contributed by atoms with Gasteiger partial charge in [0.05, 0.1) is 11.4 Å². The number of fused-ring (bicyclic) bond motifs is 3. The Bertz CT molecular complexity index is 2910. The minimum absolute atomic E-state index is 0.688. The lowest BCUT2D eigenvalue weighted by Crippen LogP contribution is -1.96. The number of pyridine rings is 1. The molecule has 0 bridgehead atoms. The van der Waals surface area contributed by atoms with Crippen LogP contribution in [0.1, 0.15) is 0 Å². The second kappa shape index (κ2) is 13.4. The molecule has 10 rings (SSSR count). The Hall–Kier alpha value is -7.23. The summed E-state index contributed by atoms with van der Waals surface area (Å²) in [6.07, 6.45) is 3.65. The number of nitrogens with zero attached hydrogens (tertiary/aromatic N) is 3. The minimum atomic E-state index is 0.688. The van der Waals surface area contributed by atoms with E-state index in [-0.39, 0.29) is 0 Å². The van der Waals surface area contributed by atoms with E-state index in [0.717, 1.165) is 44.8 Å². The van der Waals surface area contributed by atoms with Crippen molar-refractivity contribution < 1.29 is 0 Å². The largest absolute Gasteiger partial charge is 0.265 e. The van der Waals surface area contributed by atoms with Crippen molar-refractivity contribution in [3.05, 3.63) is 200 Å². The molecular formula is C51H33N3. The second-order valence-electron chi connectivity index (χ2n) is 13.6. The molecular weight excluding hydrogens is 655 g/mol. The van der Waals surface area contributed by atoms with E-state index in [0.29, 0.717) is 5.82 Å². The highest BCUT2D eigenvalue weighted by atomic mass is 14.9. The lowest BCUT2D eigenvalue weighted by molar-refractivity contribution is 1.18. The van der Waals surface area contributed by atoms with Crippen LogP contribution in [-0.2, 0) is 0 Å². The first kappa shape index (κ1) is 31.5. The van der Waals surface area contributed by atoms with Crippen molar-refractivity contribution in [3.8, 4) is 67.3 Å². The van der Waals surface area contributed by atoms with Crippen LogP contribution in [0, 0.1) is 0 Å². The maximum Gasteiger partial charge on any atom is 0.160 e. The molecule has 3 heteroatoms. The van der Waals surface area contributed by atoms with Gasteiger partial charge < -0.3 is 0 Å². The first-order valence-corrected chi connectivity index (χ1v) is 18.3. The number of benzene rings is 8. The zero-order valence-electron chi connectivity index (χ0n) is 29.4. The lowest BCUT2D eigenvalue weighted by Gasteiger charge is -2.18. The molecule has 0 radical (unpaired) electrons. The maximum absolute atomic E-state index is 5.22. The summed E-state index contributed by atoms with van der Waals surface area (Å²) < 4.78 is 0. The van der Waals surface area contributed by atoms with Gasteiger partial charge in [0.1, 0.15) is 0 Å². The van der Waals surface area contributed by atoms with Gasteiger partial charge in [-0.2, -0.15) is 0 Å². The average molecular weight is 688 g/mol. The molecule has 0 saturated carbocycles. The van der Waals surface area contributed by atoms with Crippen LogP contribution in [0.2, 0.25) is 0 Å². The van der Waals surface area contributed by atoms with Crippen LogP contribution in [-0.4, -0.2) is 15.0 Å². The zero-order chi connectivity index (χ0) is 35.8. The molecule has 0 spiro atoms. The normalized spacial score (nSPS) is 11.3. The van der Waals surface area contributed by atoms with E-state index in [4.69, 9.17) is 9.97 Å². The molecule has 8 aromatic carbocycles. The third-order valence-electron chi connectivity index (χ3n) is 10.4. The fraction of sp³-hybridized carbons (Fsp3) is 0. The van der Waals surface area contributed by atoms with Gasteiger partial charge in [-0.25, -0.2) is 9.97 Å². The molecule has 2 aromatic heterocycles. The fourth-order valence-electron chi connectivity index (χ4n) is 7.77. The standard InChI is InChI=1S/C51H33N3/c1-2-12-37(13-3-1)47-33-48(38-24-21-35(22-25-38)36-27-29-52-30-28-36)54-51(53-47)42-16-10-15-40(32-42)49-43-17-6-8-19-45(43)50(46-20-9-7-18-44(46)49)41-26-23-34-11-4-5-14-39(34)31-41/h1-33H. The van der Waals surface area contributed by atoms with Crippen molar-refractivity contribution >= 4 is 32.3 Å². The van der Waals surface area contributed by atoms with Crippen LogP contribution >= 0.6 is 0 Å². The Kier molecular flexibility index (Phi) is 7.81. The number of hydrogen-bond donors (Lipinski definition) is 0. The summed E-state index contributed by atoms with van der Waals surface area (Å²) in [5.41, 5.74) is 11.9. The summed E-state index contributed by atoms with van der Waals surface area (Å²) in [6.45, 7) is 0. The summed E-state index contributed by atoms with van der Waals surface area (Å²) >= 11 is 0. The highest BCUT2D eigenvalue weighted by molar-refractivity contribution is 6.21. The highest BCUT2D eigenvalue weighted by Crippen LogP contribution is 2.44. The lowest BCUT2D eigenvalue weighted by atomic mass is 9.85. The van der Waals surface area contributed by atoms with Crippen LogP contribution in [0.4, 0.5) is 0 Å². The first-order chi connectivity index (χ1) is 26.8. The molecule has 0 aliphatic heterocycles. The van der Waals surface area contributed by atoms with Crippen molar-refractivity contribution in [1.29, 1.82) is 0 Å². The first-order valence-electron chi connectivity index (χ1n) is 18.3. The molecule has 0 aliphatic carbocycles. The van der Waals surface area contributed by atoms with Gasteiger partial charge in [-0.1, -0.05) is 158 Å². The average Bonchev–Trinajstić information content (AvgIpc) is 3.26. The van der Waals surface area contributed by atoms with Gasteiger partial charge in [-0.15, -0.1) is 0 Å². The van der Waals surface area contributed by atoms with Crippen LogP contribution in [0.25, 0.3) is 99.6 Å². The third-order valence-corrected chi connectivity index (χ3v) is 10.4. The van der Waals surface area contributed by atoms with Crippen molar-refractivity contribution in [1.82, 2.24) is 15.0 Å². The molecule has 0 unspecified atom stereocenters. The Morgan fingerprint density at radius 1 is 0.278 bits per heavy atom. The van der Waals surface area contributed by atoms with Crippen molar-refractivity contribution in [2.24, 2.45) is 0 Å². The fourth-order valence-corrected chi connectivity index (χ4v) is 7.77. The topological polar surface area (TPSA) is 38.7 Å². The summed E-state index contributed by atoms with van der Waals surface area (Å²) in [7, 11) is 0. The van der Waals surface area contributed by atoms with Gasteiger partial charge >= 0.3 is 0 Å². The molecule has 0 aliphatic rings. The minimum Gasteiger partial charge on any atom is -0.265 e. The van der Waals surface area contributed by atoms with Crippen LogP contribution < -0.4 is 0 Å². The zero-order valence-corrected chi connectivity index (χ0v) is 29.4. The highest BCUT2D eigenvalue weighted by Gasteiger charge is 2.18. The molecule has 0 amide bonds. The predicted molar refractivity (Wildman–Crippen MR) is 225 cm³/mol. The van der Waals surface area contributed by atoms with E-state index >= 15 is 0 Å². The van der Waals surface area contributed by atoms with Gasteiger partial charge in [-0.3, -0.25) is 4.98 Å². The molecule has 0 N–H and O–H groups in total. The molecule has 0 atom stereocenters. The summed E-state index contributed by atoms with van der Waals surface area (Å²) in [4.78, 5) is 14.6. The smallest absolute Gasteiger partial charge is 0.160 e. The second-order valence-corrected chi connectivity index (χ2v) is 13.6. The summed E-state index contributed by atoms with van der Waals surface area (Å²) in [5.74, 6) is 0.688. The van der Waals surface area contributed by atoms with Crippen LogP contribution in [0.5, 0.6) is 0 Å². The predicted octanol–water partition coefficient (Wildman–Crippen LogP) is 13.3. The van der Waals surface area contributed by atoms with Crippen molar-refractivity contribution in [2.75, 3.05) is 0 Å². The monoisotopic (exact) mass is 687 g/mol. The molecule has 2 heterocycles. The van der Waals surface area contributed by atoms with Crippen LogP contribution in [0.15, 0.2) is 200 Å². The van der Waals surface area contributed by atoms with Crippen molar-refractivity contribution in [2.45, 2.75) is 0 Å². The van der Waals surface area contributed by atoms with Gasteiger partial charge in [0.2, 0.25) is 0 Å². The van der Waals surface area contributed by atoms with E-state index in [9.17, 15) is 0 Å². The Morgan fingerprint density at radius 3 is 1.39 bits per heavy atom. The van der Waals surface area contributed by atoms with Gasteiger partial charge in [0, 0.05) is 29.1 Å². The van der Waals surface area contributed by atoms with Crippen molar-refractivity contribution in [3.63, 3.8) is 0 Å². The molecule has 54 heavy (non-hydrogen) atoms. The van der Waals surface area contributed by atoms with Gasteiger partial charge in [0.25, 0.3) is 0 Å². The van der Waals surface area contributed by atoms with E-state index < -0.39 is 0 Å². The SMILES string of the molecule is c1ccc(-c2cc(-c3ccc(-c4ccncc4)cc3)nc(-c3cccc(-c4c5ccccc5c(-c5ccc6ccccc6c5)c5ccccc45)c3)n2)cc1. The van der Waals surface area contributed by atoms with E-state index in [1.807, 2.05) is 30.6 Å². The molecule has 3 nitrogen and oxygen atoms in total. The summed E-state index contributed by atoms with van der Waals surface area (Å²) in [6, 6.07) is 66.8. The molecule has 252 valence electrons. The molecule has 0 saturated heterocycles.